The number of nitrogens with zero attached hydrogens (tertiary/aromatic N) is 5. The van der Waals surface area contributed by atoms with Crippen LogP contribution in [0.5, 0.6) is 0 Å². The van der Waals surface area contributed by atoms with Gasteiger partial charge in [-0.15, -0.1) is 10.2 Å². The van der Waals surface area contributed by atoms with Crippen LogP contribution in [0, 0.1) is 0 Å². The molecule has 3 N–H and O–H groups in total. The number of piperidine rings is 1. The summed E-state index contributed by atoms with van der Waals surface area (Å²) in [6.07, 6.45) is 4.57. The molecule has 33 heavy (non-hydrogen) atoms. The summed E-state index contributed by atoms with van der Waals surface area (Å²) in [6, 6.07) is 5.54. The number of amides is 1. The highest BCUT2D eigenvalue weighted by molar-refractivity contribution is 7.99. The van der Waals surface area contributed by atoms with Crippen molar-refractivity contribution in [2.75, 3.05) is 23.7 Å². The van der Waals surface area contributed by atoms with Crippen molar-refractivity contribution in [3.8, 4) is 0 Å². The first-order valence-electron chi connectivity index (χ1n) is 10.7. The Morgan fingerprint density at radius 1 is 1.27 bits per heavy atom. The van der Waals surface area contributed by atoms with Gasteiger partial charge in [0.2, 0.25) is 5.95 Å². The Balaban J connectivity index is 1.49. The summed E-state index contributed by atoms with van der Waals surface area (Å²) in [7, 11) is 0. The minimum atomic E-state index is -0.527. The fraction of sp³-hybridized carbons (Fsp3) is 0.455. The maximum Gasteiger partial charge on any atom is 0.408 e. The standard InChI is InChI=1S/C22H28ClN7O2S/c1-21(2,3)32-20(31)27-22(4)8-10-29(11-9-22)19-25-12-16(18-28-26-13-30(18)19)33-15-7-5-6-14(24)17(15)23/h5-7,12-13H,8-11,24H2,1-4H3,(H,27,31). The number of rotatable bonds is 4. The van der Waals surface area contributed by atoms with Gasteiger partial charge in [-0.25, -0.2) is 14.2 Å². The number of fused-ring (bicyclic) bond motifs is 1. The molecule has 3 heterocycles. The van der Waals surface area contributed by atoms with Gasteiger partial charge in [-0.2, -0.15) is 0 Å². The van der Waals surface area contributed by atoms with Crippen LogP contribution in [0.1, 0.15) is 40.5 Å². The average Bonchev–Trinajstić information content (AvgIpc) is 3.21. The molecule has 0 unspecified atom stereocenters. The van der Waals surface area contributed by atoms with Gasteiger partial charge in [-0.1, -0.05) is 29.4 Å². The second-order valence-electron chi connectivity index (χ2n) is 9.38. The first-order chi connectivity index (χ1) is 15.5. The van der Waals surface area contributed by atoms with Gasteiger partial charge in [0.25, 0.3) is 0 Å². The molecule has 4 rings (SSSR count). The number of nitrogens with two attached hydrogens (primary N) is 1. The van der Waals surface area contributed by atoms with Crippen LogP contribution in [-0.4, -0.2) is 49.9 Å². The van der Waals surface area contributed by atoms with Crippen LogP contribution in [0.25, 0.3) is 5.65 Å². The first-order valence-corrected chi connectivity index (χ1v) is 11.9. The van der Waals surface area contributed by atoms with Crippen LogP contribution in [-0.2, 0) is 4.74 Å². The molecule has 3 aromatic rings. The van der Waals surface area contributed by atoms with Crippen molar-refractivity contribution in [1.82, 2.24) is 24.9 Å². The van der Waals surface area contributed by atoms with Crippen molar-refractivity contribution in [2.45, 2.75) is 61.5 Å². The highest BCUT2D eigenvalue weighted by Crippen LogP contribution is 2.38. The van der Waals surface area contributed by atoms with Crippen molar-refractivity contribution < 1.29 is 9.53 Å². The Bertz CT molecular complexity index is 1170. The minimum Gasteiger partial charge on any atom is -0.444 e. The Kier molecular flexibility index (Phi) is 6.32. The summed E-state index contributed by atoms with van der Waals surface area (Å²) in [5.41, 5.74) is 6.29. The van der Waals surface area contributed by atoms with E-state index in [1.165, 1.54) is 11.8 Å². The van der Waals surface area contributed by atoms with Crippen molar-refractivity contribution >= 4 is 46.7 Å². The van der Waals surface area contributed by atoms with Gasteiger partial charge in [0.1, 0.15) is 11.9 Å². The van der Waals surface area contributed by atoms with Gasteiger partial charge in [-0.3, -0.25) is 0 Å². The lowest BCUT2D eigenvalue weighted by atomic mass is 9.90. The summed E-state index contributed by atoms with van der Waals surface area (Å²) in [5, 5.41) is 12.0. The smallest absolute Gasteiger partial charge is 0.408 e. The Morgan fingerprint density at radius 3 is 2.70 bits per heavy atom. The van der Waals surface area contributed by atoms with E-state index in [2.05, 4.69) is 20.4 Å². The lowest BCUT2D eigenvalue weighted by Crippen LogP contribution is -2.54. The molecule has 0 spiro atoms. The molecule has 0 atom stereocenters. The van der Waals surface area contributed by atoms with E-state index in [1.54, 1.807) is 18.6 Å². The normalized spacial score (nSPS) is 16.1. The number of alkyl carbamates (subject to hydrolysis) is 1. The third-order valence-corrected chi connectivity index (χ3v) is 7.05. The van der Waals surface area contributed by atoms with E-state index in [4.69, 9.17) is 27.1 Å². The highest BCUT2D eigenvalue weighted by atomic mass is 35.5. The predicted molar refractivity (Wildman–Crippen MR) is 130 cm³/mol. The molecule has 0 bridgehead atoms. The summed E-state index contributed by atoms with van der Waals surface area (Å²) < 4.78 is 7.31. The lowest BCUT2D eigenvalue weighted by Gasteiger charge is -2.40. The van der Waals surface area contributed by atoms with E-state index in [0.717, 1.165) is 41.7 Å². The molecule has 0 saturated carbocycles. The maximum atomic E-state index is 12.3. The van der Waals surface area contributed by atoms with E-state index in [0.29, 0.717) is 16.4 Å². The number of ether oxygens (including phenoxy) is 1. The number of halogens is 1. The van der Waals surface area contributed by atoms with Crippen LogP contribution in [0.15, 0.2) is 40.5 Å². The number of hydrogen-bond acceptors (Lipinski definition) is 8. The number of anilines is 2. The molecule has 1 aliphatic rings. The van der Waals surface area contributed by atoms with Gasteiger partial charge in [0.05, 0.1) is 15.6 Å². The average molecular weight is 490 g/mol. The molecule has 2 aromatic heterocycles. The van der Waals surface area contributed by atoms with Gasteiger partial charge >= 0.3 is 6.09 Å². The van der Waals surface area contributed by atoms with E-state index in [-0.39, 0.29) is 11.6 Å². The Hall–Kier alpha value is -2.72. The molecule has 1 aromatic carbocycles. The Morgan fingerprint density at radius 2 is 2.00 bits per heavy atom. The van der Waals surface area contributed by atoms with E-state index in [9.17, 15) is 4.79 Å². The van der Waals surface area contributed by atoms with Crippen LogP contribution < -0.4 is 16.0 Å². The molecule has 1 saturated heterocycles. The van der Waals surface area contributed by atoms with Crippen molar-refractivity contribution in [3.05, 3.63) is 35.7 Å². The predicted octanol–water partition coefficient (Wildman–Crippen LogP) is 4.39. The first kappa shape index (κ1) is 23.4. The largest absolute Gasteiger partial charge is 0.444 e. The summed E-state index contributed by atoms with van der Waals surface area (Å²) in [6.45, 7) is 9.06. The zero-order valence-corrected chi connectivity index (χ0v) is 20.7. The molecular weight excluding hydrogens is 462 g/mol. The second kappa shape index (κ2) is 8.90. The fourth-order valence-electron chi connectivity index (χ4n) is 3.69. The van der Waals surface area contributed by atoms with Gasteiger partial charge in [0.15, 0.2) is 5.65 Å². The summed E-state index contributed by atoms with van der Waals surface area (Å²) in [4.78, 5) is 20.8. The summed E-state index contributed by atoms with van der Waals surface area (Å²) >= 11 is 7.81. The van der Waals surface area contributed by atoms with E-state index >= 15 is 0 Å². The minimum absolute atomic E-state index is 0.342. The van der Waals surface area contributed by atoms with Crippen molar-refractivity contribution in [1.29, 1.82) is 0 Å². The summed E-state index contributed by atoms with van der Waals surface area (Å²) in [5.74, 6) is 0.761. The fourth-order valence-corrected chi connectivity index (χ4v) is 4.86. The van der Waals surface area contributed by atoms with Crippen molar-refractivity contribution in [3.63, 3.8) is 0 Å². The zero-order valence-electron chi connectivity index (χ0n) is 19.1. The van der Waals surface area contributed by atoms with Crippen LogP contribution >= 0.6 is 23.4 Å². The monoisotopic (exact) mass is 489 g/mol. The van der Waals surface area contributed by atoms with Gasteiger partial charge < -0.3 is 20.7 Å². The second-order valence-corrected chi connectivity index (χ2v) is 10.8. The molecule has 0 aliphatic carbocycles. The third-order valence-electron chi connectivity index (χ3n) is 5.45. The maximum absolute atomic E-state index is 12.3. The van der Waals surface area contributed by atoms with Crippen LogP contribution in [0.4, 0.5) is 16.4 Å². The molecule has 176 valence electrons. The zero-order chi connectivity index (χ0) is 23.8. The SMILES string of the molecule is CC1(NC(=O)OC(C)(C)C)CCN(c2ncc(Sc3cccc(N)c3Cl)c3nncn23)CC1. The van der Waals surface area contributed by atoms with Crippen LogP contribution in [0.3, 0.4) is 0 Å². The third kappa shape index (κ3) is 5.27. The lowest BCUT2D eigenvalue weighted by molar-refractivity contribution is 0.0448. The van der Waals surface area contributed by atoms with Gasteiger partial charge in [-0.05, 0) is 52.7 Å². The number of nitrogen functional groups attached to an aromatic ring is 1. The molecule has 11 heteroatoms. The quantitative estimate of drug-likeness (QED) is 0.519. The number of hydrogen-bond donors (Lipinski definition) is 2. The van der Waals surface area contributed by atoms with Crippen LogP contribution in [0.2, 0.25) is 5.02 Å². The van der Waals surface area contributed by atoms with E-state index in [1.807, 2.05) is 44.2 Å². The molecule has 1 aliphatic heterocycles. The molecular formula is C22H28ClN7O2S. The highest BCUT2D eigenvalue weighted by Gasteiger charge is 2.34. The molecule has 1 amide bonds. The topological polar surface area (TPSA) is 111 Å². The Labute approximate surface area is 202 Å². The van der Waals surface area contributed by atoms with Gasteiger partial charge in [0, 0.05) is 29.7 Å². The number of aromatic nitrogens is 4. The number of nitrogens with one attached hydrogen (secondary N) is 1. The van der Waals surface area contributed by atoms with E-state index < -0.39 is 5.60 Å². The number of carbonyl (C=O) groups is 1. The molecule has 1 fully saturated rings. The molecule has 0 radical (unpaired) electrons. The van der Waals surface area contributed by atoms with Crippen molar-refractivity contribution in [2.24, 2.45) is 0 Å². The molecule has 9 nitrogen and oxygen atoms in total. The number of benzene rings is 1. The number of carbonyl (C=O) groups excluding carboxylic acids is 1.